The van der Waals surface area contributed by atoms with Crippen molar-refractivity contribution in [3.63, 3.8) is 0 Å². The largest absolute Gasteiger partial charge is 0.491 e. The summed E-state index contributed by atoms with van der Waals surface area (Å²) in [5, 5.41) is 5.16. The molecule has 6 nitrogen and oxygen atoms in total. The highest BCUT2D eigenvalue weighted by molar-refractivity contribution is 7.80. The number of amides is 1. The highest BCUT2D eigenvalue weighted by Crippen LogP contribution is 2.35. The predicted octanol–water partition coefficient (Wildman–Crippen LogP) is 4.46. The van der Waals surface area contributed by atoms with Crippen LogP contribution in [-0.2, 0) is 10.9 Å². The zero-order valence-electron chi connectivity index (χ0n) is 17.7. The number of halogens is 3. The number of ether oxygens (including phenoxy) is 2. The second-order valence-electron chi connectivity index (χ2n) is 7.43. The molecule has 0 saturated carbocycles. The first-order chi connectivity index (χ1) is 15.1. The third-order valence-electron chi connectivity index (χ3n) is 4.62. The summed E-state index contributed by atoms with van der Waals surface area (Å²) in [6, 6.07) is 9.97. The van der Waals surface area contributed by atoms with Crippen LogP contribution in [0.4, 0.5) is 24.5 Å². The van der Waals surface area contributed by atoms with Crippen LogP contribution in [0, 0.1) is 0 Å². The number of hydrogen-bond acceptors (Lipinski definition) is 5. The van der Waals surface area contributed by atoms with E-state index < -0.39 is 17.6 Å². The van der Waals surface area contributed by atoms with Gasteiger partial charge in [-0.15, -0.1) is 0 Å². The van der Waals surface area contributed by atoms with E-state index in [2.05, 4.69) is 10.6 Å². The summed E-state index contributed by atoms with van der Waals surface area (Å²) in [6.07, 6.45) is -4.57. The Morgan fingerprint density at radius 1 is 1.16 bits per heavy atom. The van der Waals surface area contributed by atoms with Gasteiger partial charge in [-0.05, 0) is 62.5 Å². The molecule has 2 aromatic rings. The highest BCUT2D eigenvalue weighted by Gasteiger charge is 2.31. The van der Waals surface area contributed by atoms with Gasteiger partial charge in [-0.2, -0.15) is 13.2 Å². The van der Waals surface area contributed by atoms with Crippen LogP contribution in [0.1, 0.15) is 29.8 Å². The van der Waals surface area contributed by atoms with Crippen molar-refractivity contribution < 1.29 is 27.4 Å². The number of carbonyl (C=O) groups is 1. The molecule has 1 fully saturated rings. The first-order valence-corrected chi connectivity index (χ1v) is 10.5. The van der Waals surface area contributed by atoms with Crippen LogP contribution >= 0.6 is 12.2 Å². The van der Waals surface area contributed by atoms with Gasteiger partial charge in [-0.25, -0.2) is 0 Å². The molecule has 1 amide bonds. The molecule has 0 atom stereocenters. The Morgan fingerprint density at radius 3 is 2.53 bits per heavy atom. The van der Waals surface area contributed by atoms with Crippen LogP contribution < -0.4 is 20.3 Å². The average Bonchev–Trinajstić information content (AvgIpc) is 2.73. The highest BCUT2D eigenvalue weighted by atomic mass is 32.1. The van der Waals surface area contributed by atoms with Gasteiger partial charge in [0.1, 0.15) is 5.75 Å². The molecule has 0 unspecified atom stereocenters. The van der Waals surface area contributed by atoms with Crippen LogP contribution in [0.15, 0.2) is 42.5 Å². The lowest BCUT2D eigenvalue weighted by Crippen LogP contribution is -2.38. The smallest absolute Gasteiger partial charge is 0.416 e. The minimum absolute atomic E-state index is 0.0597. The van der Waals surface area contributed by atoms with E-state index in [0.717, 1.165) is 12.1 Å². The van der Waals surface area contributed by atoms with Gasteiger partial charge >= 0.3 is 6.18 Å². The molecule has 3 rings (SSSR count). The molecule has 1 aliphatic heterocycles. The zero-order valence-corrected chi connectivity index (χ0v) is 18.5. The summed E-state index contributed by atoms with van der Waals surface area (Å²) in [5.74, 6) is 0.0237. The number of rotatable bonds is 5. The summed E-state index contributed by atoms with van der Waals surface area (Å²) in [6.45, 7) is 5.73. The van der Waals surface area contributed by atoms with Crippen molar-refractivity contribution in [3.8, 4) is 5.75 Å². The van der Waals surface area contributed by atoms with E-state index in [1.165, 1.54) is 6.07 Å². The van der Waals surface area contributed by atoms with Crippen molar-refractivity contribution in [2.24, 2.45) is 0 Å². The molecule has 1 aliphatic rings. The molecular formula is C22H24F3N3O3S. The predicted molar refractivity (Wildman–Crippen MR) is 120 cm³/mol. The molecule has 0 radical (unpaired) electrons. The van der Waals surface area contributed by atoms with Crippen molar-refractivity contribution >= 4 is 34.6 Å². The number of anilines is 2. The van der Waals surface area contributed by atoms with E-state index in [1.54, 1.807) is 24.3 Å². The van der Waals surface area contributed by atoms with Crippen molar-refractivity contribution in [1.29, 1.82) is 0 Å². The minimum atomic E-state index is -4.51. The summed E-state index contributed by atoms with van der Waals surface area (Å²) in [5.41, 5.74) is 0.198. The molecule has 32 heavy (non-hydrogen) atoms. The first kappa shape index (κ1) is 23.8. The second-order valence-corrected chi connectivity index (χ2v) is 7.84. The molecule has 1 heterocycles. The fraction of sp³-hybridized carbons (Fsp3) is 0.364. The van der Waals surface area contributed by atoms with E-state index in [0.29, 0.717) is 43.3 Å². The van der Waals surface area contributed by atoms with Gasteiger partial charge in [-0.1, -0.05) is 6.07 Å². The standard InChI is InChI=1S/C22H24F3N3O3S/c1-14(2)31-17-5-3-4-15(12-17)20(29)27-21(32)26-18-13-16(22(23,24)25)6-7-19(18)28-8-10-30-11-9-28/h3-7,12-14H,8-11H2,1-2H3,(H2,26,27,29,32). The number of carbonyl (C=O) groups excluding carboxylic acids is 1. The molecule has 0 aromatic heterocycles. The number of morpholine rings is 1. The number of thiocarbonyl (C=S) groups is 1. The maximum absolute atomic E-state index is 13.3. The Kier molecular flexibility index (Phi) is 7.57. The second kappa shape index (κ2) is 10.2. The van der Waals surface area contributed by atoms with E-state index in [9.17, 15) is 18.0 Å². The van der Waals surface area contributed by atoms with E-state index in [4.69, 9.17) is 21.7 Å². The lowest BCUT2D eigenvalue weighted by Gasteiger charge is -2.31. The molecule has 1 saturated heterocycles. The minimum Gasteiger partial charge on any atom is -0.491 e. The number of nitrogens with zero attached hydrogens (tertiary/aromatic N) is 1. The summed E-state index contributed by atoms with van der Waals surface area (Å²) in [4.78, 5) is 14.5. The number of alkyl halides is 3. The van der Waals surface area contributed by atoms with Gasteiger partial charge in [0.15, 0.2) is 5.11 Å². The van der Waals surface area contributed by atoms with Gasteiger partial charge < -0.3 is 19.7 Å². The fourth-order valence-electron chi connectivity index (χ4n) is 3.20. The lowest BCUT2D eigenvalue weighted by atomic mass is 10.1. The fourth-order valence-corrected chi connectivity index (χ4v) is 3.41. The van der Waals surface area contributed by atoms with Gasteiger partial charge in [-0.3, -0.25) is 10.1 Å². The number of benzene rings is 2. The third kappa shape index (κ3) is 6.33. The monoisotopic (exact) mass is 467 g/mol. The molecule has 172 valence electrons. The molecule has 0 bridgehead atoms. The van der Waals surface area contributed by atoms with Gasteiger partial charge in [0, 0.05) is 18.7 Å². The van der Waals surface area contributed by atoms with Crippen LogP contribution in [0.2, 0.25) is 0 Å². The van der Waals surface area contributed by atoms with Crippen LogP contribution in [0.5, 0.6) is 5.75 Å². The summed E-state index contributed by atoms with van der Waals surface area (Å²) >= 11 is 5.21. The van der Waals surface area contributed by atoms with Crippen molar-refractivity contribution in [1.82, 2.24) is 5.32 Å². The van der Waals surface area contributed by atoms with Gasteiger partial charge in [0.05, 0.1) is 36.3 Å². The molecule has 10 heteroatoms. The van der Waals surface area contributed by atoms with Crippen molar-refractivity contribution in [3.05, 3.63) is 53.6 Å². The maximum Gasteiger partial charge on any atom is 0.416 e. The van der Waals surface area contributed by atoms with Gasteiger partial charge in [0.2, 0.25) is 0 Å². The Balaban J connectivity index is 1.77. The quantitative estimate of drug-likeness (QED) is 0.634. The lowest BCUT2D eigenvalue weighted by molar-refractivity contribution is -0.137. The number of nitrogens with one attached hydrogen (secondary N) is 2. The van der Waals surface area contributed by atoms with E-state index >= 15 is 0 Å². The molecule has 0 spiro atoms. The van der Waals surface area contributed by atoms with Crippen LogP contribution in [-0.4, -0.2) is 43.4 Å². The summed E-state index contributed by atoms with van der Waals surface area (Å²) in [7, 11) is 0. The van der Waals surface area contributed by atoms with Crippen molar-refractivity contribution in [2.75, 3.05) is 36.5 Å². The Labute approximate surface area is 189 Å². The SMILES string of the molecule is CC(C)Oc1cccc(C(=O)NC(=S)Nc2cc(C(F)(F)F)ccc2N2CCOCC2)c1. The normalized spacial score (nSPS) is 14.2. The van der Waals surface area contributed by atoms with Gasteiger partial charge in [0.25, 0.3) is 5.91 Å². The van der Waals surface area contributed by atoms with Crippen molar-refractivity contribution in [2.45, 2.75) is 26.1 Å². The van der Waals surface area contributed by atoms with E-state index in [-0.39, 0.29) is 16.9 Å². The third-order valence-corrected chi connectivity index (χ3v) is 4.82. The molecule has 2 aromatic carbocycles. The Hall–Kier alpha value is -2.85. The summed E-state index contributed by atoms with van der Waals surface area (Å²) < 4.78 is 50.7. The molecular weight excluding hydrogens is 443 g/mol. The number of hydrogen-bond donors (Lipinski definition) is 2. The Morgan fingerprint density at radius 2 is 1.88 bits per heavy atom. The topological polar surface area (TPSA) is 62.8 Å². The first-order valence-electron chi connectivity index (χ1n) is 10.1. The molecule has 0 aliphatic carbocycles. The zero-order chi connectivity index (χ0) is 23.3. The van der Waals surface area contributed by atoms with Crippen LogP contribution in [0.25, 0.3) is 0 Å². The Bertz CT molecular complexity index is 976. The van der Waals surface area contributed by atoms with E-state index in [1.807, 2.05) is 18.7 Å². The van der Waals surface area contributed by atoms with Crippen LogP contribution in [0.3, 0.4) is 0 Å². The maximum atomic E-state index is 13.3. The molecule has 2 N–H and O–H groups in total. The average molecular weight is 468 g/mol.